The molecule has 0 bridgehead atoms. The monoisotopic (exact) mass is 539 g/mol. The maximum absolute atomic E-state index is 12.3. The topological polar surface area (TPSA) is 134 Å². The molecule has 2 N–H and O–H groups in total. The number of pyridine rings is 1. The normalized spacial score (nSPS) is 10.9. The van der Waals surface area contributed by atoms with Gasteiger partial charge in [-0.1, -0.05) is 11.3 Å². The maximum Gasteiger partial charge on any atom is 0.339 e. The van der Waals surface area contributed by atoms with E-state index in [1.165, 1.54) is 6.21 Å². The zero-order valence-corrected chi connectivity index (χ0v) is 21.9. The van der Waals surface area contributed by atoms with Gasteiger partial charge in [-0.05, 0) is 48.5 Å². The highest BCUT2D eigenvalue weighted by Crippen LogP contribution is 2.37. The van der Waals surface area contributed by atoms with Crippen LogP contribution in [0.1, 0.15) is 5.69 Å². The number of hydrogen-bond donors (Lipinski definition) is 2. The van der Waals surface area contributed by atoms with Crippen molar-refractivity contribution >= 4 is 28.8 Å². The number of methoxy groups -OCH3 is 3. The lowest BCUT2D eigenvalue weighted by molar-refractivity contribution is 0.252. The van der Waals surface area contributed by atoms with E-state index in [9.17, 15) is 4.79 Å². The first-order valence-electron chi connectivity index (χ1n) is 12.0. The van der Waals surface area contributed by atoms with Crippen LogP contribution in [0.25, 0.3) is 16.6 Å². The van der Waals surface area contributed by atoms with Crippen LogP contribution in [-0.2, 0) is 0 Å². The summed E-state index contributed by atoms with van der Waals surface area (Å²) < 4.78 is 23.6. The number of nitrogens with zero attached hydrogens (tertiary/aromatic N) is 5. The Morgan fingerprint density at radius 1 is 0.900 bits per heavy atom. The molecule has 40 heavy (non-hydrogen) atoms. The number of carbonyl (C=O) groups excluding carboxylic acids is 1. The van der Waals surface area contributed by atoms with E-state index in [-0.39, 0.29) is 0 Å². The van der Waals surface area contributed by atoms with Crippen molar-refractivity contribution in [2.24, 2.45) is 5.10 Å². The molecule has 0 radical (unpaired) electrons. The lowest BCUT2D eigenvalue weighted by Gasteiger charge is -2.12. The number of amides is 2. The molecule has 2 heterocycles. The fraction of sp³-hybridized carbons (Fsp3) is 0.107. The number of nitrogens with one attached hydrogen (secondary N) is 2. The maximum atomic E-state index is 12.3. The minimum atomic E-state index is -0.522. The highest BCUT2D eigenvalue weighted by Gasteiger charge is 2.12. The van der Waals surface area contributed by atoms with Crippen molar-refractivity contribution < 1.29 is 23.7 Å². The Bertz CT molecular complexity index is 1670. The number of ether oxygens (including phenoxy) is 4. The summed E-state index contributed by atoms with van der Waals surface area (Å²) in [6, 6.07) is 19.1. The number of fused-ring (bicyclic) bond motifs is 1. The molecule has 5 rings (SSSR count). The van der Waals surface area contributed by atoms with Gasteiger partial charge in [0, 0.05) is 29.4 Å². The van der Waals surface area contributed by atoms with Gasteiger partial charge in [-0.25, -0.2) is 14.9 Å². The number of aromatic nitrogens is 4. The molecule has 0 aliphatic heterocycles. The van der Waals surface area contributed by atoms with Gasteiger partial charge in [0.25, 0.3) is 0 Å². The van der Waals surface area contributed by atoms with Crippen LogP contribution in [0.2, 0.25) is 0 Å². The Morgan fingerprint density at radius 2 is 1.70 bits per heavy atom. The average Bonchev–Trinajstić information content (AvgIpc) is 3.46. The van der Waals surface area contributed by atoms with Crippen LogP contribution in [0, 0.1) is 0 Å². The van der Waals surface area contributed by atoms with Crippen molar-refractivity contribution in [1.82, 2.24) is 25.4 Å². The van der Waals surface area contributed by atoms with Crippen molar-refractivity contribution in [3.63, 3.8) is 0 Å². The number of urea groups is 1. The van der Waals surface area contributed by atoms with E-state index in [0.29, 0.717) is 45.6 Å². The Labute approximate surface area is 229 Å². The van der Waals surface area contributed by atoms with Crippen LogP contribution in [0.4, 0.5) is 10.5 Å². The standard InChI is InChI=1S/C28H25N7O5/c1-37-22-6-4-5-20(13-22)35-17-19(32-34-35)16-30-33-28(36)31-18-7-9-21(10-8-18)40-25-11-12-29-24-15-27(39-3)26(38-2)14-23(24)25/h4-17H,1-3H3,(H2,31,33,36)/b30-16+. The molecule has 2 amide bonds. The third-order valence-corrected chi connectivity index (χ3v) is 5.74. The molecule has 0 spiro atoms. The Hall–Kier alpha value is -5.65. The SMILES string of the molecule is COc1cccc(-n2cc(/C=N/NC(=O)Nc3ccc(Oc4ccnc5cc(OC)c(OC)cc45)cc3)nn2)c1. The summed E-state index contributed by atoms with van der Waals surface area (Å²) in [6.07, 6.45) is 4.72. The van der Waals surface area contributed by atoms with Crippen molar-refractivity contribution in [2.75, 3.05) is 26.6 Å². The number of carbonyl (C=O) groups is 1. The molecule has 3 aromatic carbocycles. The second-order valence-corrected chi connectivity index (χ2v) is 8.27. The zero-order chi connectivity index (χ0) is 27.9. The van der Waals surface area contributed by atoms with Crippen LogP contribution in [0.3, 0.4) is 0 Å². The Morgan fingerprint density at radius 3 is 2.48 bits per heavy atom. The van der Waals surface area contributed by atoms with Gasteiger partial charge in [0.2, 0.25) is 0 Å². The van der Waals surface area contributed by atoms with Crippen LogP contribution < -0.4 is 29.7 Å². The van der Waals surface area contributed by atoms with E-state index < -0.39 is 6.03 Å². The van der Waals surface area contributed by atoms with E-state index in [0.717, 1.165) is 11.1 Å². The molecular weight excluding hydrogens is 514 g/mol. The molecule has 202 valence electrons. The first kappa shape index (κ1) is 26.0. The van der Waals surface area contributed by atoms with E-state index in [1.807, 2.05) is 30.3 Å². The fourth-order valence-electron chi connectivity index (χ4n) is 3.80. The van der Waals surface area contributed by atoms with E-state index in [4.69, 9.17) is 18.9 Å². The second kappa shape index (κ2) is 11.8. The largest absolute Gasteiger partial charge is 0.497 e. The molecular formula is C28H25N7O5. The smallest absolute Gasteiger partial charge is 0.339 e. The van der Waals surface area contributed by atoms with Gasteiger partial charge in [-0.2, -0.15) is 5.10 Å². The molecule has 0 atom stereocenters. The molecule has 12 heteroatoms. The minimum absolute atomic E-state index is 0.462. The lowest BCUT2D eigenvalue weighted by Crippen LogP contribution is -2.24. The molecule has 0 saturated carbocycles. The molecule has 0 unspecified atom stereocenters. The summed E-state index contributed by atoms with van der Waals surface area (Å²) in [7, 11) is 4.74. The Kier molecular flexibility index (Phi) is 7.67. The zero-order valence-electron chi connectivity index (χ0n) is 21.9. The third kappa shape index (κ3) is 5.91. The average molecular weight is 540 g/mol. The van der Waals surface area contributed by atoms with Gasteiger partial charge in [-0.3, -0.25) is 4.98 Å². The van der Waals surface area contributed by atoms with E-state index >= 15 is 0 Å². The molecule has 5 aromatic rings. The summed E-state index contributed by atoms with van der Waals surface area (Å²) in [4.78, 5) is 16.7. The van der Waals surface area contributed by atoms with Gasteiger partial charge in [0.05, 0.1) is 44.9 Å². The summed E-state index contributed by atoms with van der Waals surface area (Å²) in [6.45, 7) is 0. The van der Waals surface area contributed by atoms with Gasteiger partial charge in [0.1, 0.15) is 22.9 Å². The Balaban J connectivity index is 1.18. The van der Waals surface area contributed by atoms with Crippen LogP contribution in [-0.4, -0.2) is 53.6 Å². The number of anilines is 1. The van der Waals surface area contributed by atoms with Crippen LogP contribution >= 0.6 is 0 Å². The molecule has 0 saturated heterocycles. The molecule has 12 nitrogen and oxygen atoms in total. The number of hydrogen-bond acceptors (Lipinski definition) is 9. The van der Waals surface area contributed by atoms with E-state index in [1.54, 1.807) is 74.8 Å². The second-order valence-electron chi connectivity index (χ2n) is 8.27. The van der Waals surface area contributed by atoms with Gasteiger partial charge in [0.15, 0.2) is 11.5 Å². The van der Waals surface area contributed by atoms with Crippen LogP contribution in [0.15, 0.2) is 84.2 Å². The highest BCUT2D eigenvalue weighted by molar-refractivity contribution is 5.90. The first-order chi connectivity index (χ1) is 19.6. The highest BCUT2D eigenvalue weighted by atomic mass is 16.5. The van der Waals surface area contributed by atoms with Crippen LogP contribution in [0.5, 0.6) is 28.7 Å². The summed E-state index contributed by atoms with van der Waals surface area (Å²) in [5, 5.41) is 15.5. The molecule has 0 aliphatic carbocycles. The molecule has 0 fully saturated rings. The summed E-state index contributed by atoms with van der Waals surface area (Å²) >= 11 is 0. The summed E-state index contributed by atoms with van der Waals surface area (Å²) in [5.74, 6) is 3.03. The number of rotatable bonds is 9. The van der Waals surface area contributed by atoms with Crippen molar-refractivity contribution in [2.45, 2.75) is 0 Å². The number of benzene rings is 3. The van der Waals surface area contributed by atoms with Gasteiger partial charge in [-0.15, -0.1) is 5.10 Å². The van der Waals surface area contributed by atoms with Crippen molar-refractivity contribution in [3.05, 3.63) is 84.8 Å². The van der Waals surface area contributed by atoms with Gasteiger partial charge < -0.3 is 24.3 Å². The van der Waals surface area contributed by atoms with Gasteiger partial charge >= 0.3 is 6.03 Å². The van der Waals surface area contributed by atoms with Crippen molar-refractivity contribution in [3.8, 4) is 34.4 Å². The fourth-order valence-corrected chi connectivity index (χ4v) is 3.80. The first-order valence-corrected chi connectivity index (χ1v) is 12.0. The predicted octanol–water partition coefficient (Wildman–Crippen LogP) is 4.79. The quantitative estimate of drug-likeness (QED) is 0.202. The predicted molar refractivity (Wildman–Crippen MR) is 149 cm³/mol. The third-order valence-electron chi connectivity index (χ3n) is 5.74. The van der Waals surface area contributed by atoms with Crippen molar-refractivity contribution in [1.29, 1.82) is 0 Å². The lowest BCUT2D eigenvalue weighted by atomic mass is 10.2. The number of hydrazone groups is 1. The summed E-state index contributed by atoms with van der Waals surface area (Å²) in [5.41, 5.74) is 4.90. The minimum Gasteiger partial charge on any atom is -0.497 e. The van der Waals surface area contributed by atoms with E-state index in [2.05, 4.69) is 31.1 Å². The molecule has 0 aliphatic rings. The molecule has 2 aromatic heterocycles.